The molecule has 0 spiro atoms. The summed E-state index contributed by atoms with van der Waals surface area (Å²) >= 11 is 5.76. The van der Waals surface area contributed by atoms with E-state index < -0.39 is 14.7 Å². The average Bonchev–Trinajstić information content (AvgIpc) is 1.99. The van der Waals surface area contributed by atoms with Crippen molar-refractivity contribution >= 4 is 31.3 Å². The zero-order valence-electron chi connectivity index (χ0n) is 8.09. The van der Waals surface area contributed by atoms with E-state index in [0.29, 0.717) is 0 Å². The standard InChI is InChI=1S/C9H9Cl2FO2S/c1-9(2,12)8-6(10)4-3-5-7(8)15(11,13)14/h3-5H,1-2H3. The van der Waals surface area contributed by atoms with E-state index in [9.17, 15) is 12.8 Å². The van der Waals surface area contributed by atoms with E-state index in [1.54, 1.807) is 0 Å². The van der Waals surface area contributed by atoms with Gasteiger partial charge in [-0.2, -0.15) is 0 Å². The van der Waals surface area contributed by atoms with Crippen molar-refractivity contribution in [2.75, 3.05) is 0 Å². The summed E-state index contributed by atoms with van der Waals surface area (Å²) in [4.78, 5) is -0.288. The van der Waals surface area contributed by atoms with Crippen molar-refractivity contribution in [1.82, 2.24) is 0 Å². The molecule has 0 fully saturated rings. The number of hydrogen-bond acceptors (Lipinski definition) is 2. The summed E-state index contributed by atoms with van der Waals surface area (Å²) in [7, 11) is 1.20. The Morgan fingerprint density at radius 2 is 1.87 bits per heavy atom. The molecular formula is C9H9Cl2FO2S. The van der Waals surface area contributed by atoms with Crippen LogP contribution in [-0.2, 0) is 14.7 Å². The zero-order chi connectivity index (χ0) is 11.9. The van der Waals surface area contributed by atoms with Crippen LogP contribution in [0.3, 0.4) is 0 Å². The molecule has 0 aliphatic heterocycles. The molecule has 6 heteroatoms. The van der Waals surface area contributed by atoms with Crippen LogP contribution in [0.5, 0.6) is 0 Å². The lowest BCUT2D eigenvalue weighted by molar-refractivity contribution is 0.217. The number of benzene rings is 1. The minimum atomic E-state index is -3.99. The maximum Gasteiger partial charge on any atom is 0.261 e. The second kappa shape index (κ2) is 3.92. The smallest absolute Gasteiger partial charge is 0.239 e. The van der Waals surface area contributed by atoms with Gasteiger partial charge in [0.15, 0.2) is 0 Å². The molecule has 1 rings (SSSR count). The van der Waals surface area contributed by atoms with Crippen LogP contribution in [0.15, 0.2) is 23.1 Å². The SMILES string of the molecule is CC(C)(F)c1c(Cl)cccc1S(=O)(=O)Cl. The fourth-order valence-electron chi connectivity index (χ4n) is 1.28. The van der Waals surface area contributed by atoms with Gasteiger partial charge >= 0.3 is 0 Å². The van der Waals surface area contributed by atoms with Crippen LogP contribution < -0.4 is 0 Å². The van der Waals surface area contributed by atoms with Gasteiger partial charge in [0, 0.05) is 21.3 Å². The van der Waals surface area contributed by atoms with Gasteiger partial charge in [-0.25, -0.2) is 12.8 Å². The van der Waals surface area contributed by atoms with Gasteiger partial charge in [-0.1, -0.05) is 17.7 Å². The van der Waals surface area contributed by atoms with Crippen molar-refractivity contribution in [2.45, 2.75) is 24.4 Å². The molecule has 1 aromatic rings. The summed E-state index contributed by atoms with van der Waals surface area (Å²) in [6.45, 7) is 2.44. The molecule has 0 aliphatic rings. The Hall–Kier alpha value is -0.320. The average molecular weight is 271 g/mol. The third kappa shape index (κ3) is 2.83. The van der Waals surface area contributed by atoms with Crippen molar-refractivity contribution < 1.29 is 12.8 Å². The Morgan fingerprint density at radius 3 is 2.20 bits per heavy atom. The Morgan fingerprint density at radius 1 is 1.33 bits per heavy atom. The first-order valence-corrected chi connectivity index (χ1v) is 6.75. The lowest BCUT2D eigenvalue weighted by atomic mass is 10.0. The molecule has 0 saturated carbocycles. The molecule has 0 amide bonds. The van der Waals surface area contributed by atoms with Crippen LogP contribution in [0, 0.1) is 0 Å². The molecular weight excluding hydrogens is 262 g/mol. The Labute approximate surface area is 97.4 Å². The first kappa shape index (κ1) is 12.7. The van der Waals surface area contributed by atoms with Crippen molar-refractivity contribution in [2.24, 2.45) is 0 Å². The molecule has 1 aromatic carbocycles. The quantitative estimate of drug-likeness (QED) is 0.772. The fourth-order valence-corrected chi connectivity index (χ4v) is 2.96. The molecule has 84 valence electrons. The van der Waals surface area contributed by atoms with Gasteiger partial charge in [-0.05, 0) is 26.0 Å². The molecule has 0 aliphatic carbocycles. The fraction of sp³-hybridized carbons (Fsp3) is 0.333. The van der Waals surface area contributed by atoms with Gasteiger partial charge in [-0.3, -0.25) is 0 Å². The third-order valence-electron chi connectivity index (χ3n) is 1.83. The van der Waals surface area contributed by atoms with E-state index in [1.165, 1.54) is 32.0 Å². The molecule has 0 bridgehead atoms. The van der Waals surface area contributed by atoms with E-state index in [4.69, 9.17) is 22.3 Å². The first-order chi connectivity index (χ1) is 6.64. The van der Waals surface area contributed by atoms with E-state index in [2.05, 4.69) is 0 Å². The second-order valence-electron chi connectivity index (χ2n) is 3.52. The second-order valence-corrected chi connectivity index (χ2v) is 6.46. The number of rotatable bonds is 2. The van der Waals surface area contributed by atoms with Crippen LogP contribution in [-0.4, -0.2) is 8.42 Å². The summed E-state index contributed by atoms with van der Waals surface area (Å²) < 4.78 is 36.2. The zero-order valence-corrected chi connectivity index (χ0v) is 10.4. The van der Waals surface area contributed by atoms with Gasteiger partial charge in [0.25, 0.3) is 9.05 Å². The lowest BCUT2D eigenvalue weighted by Crippen LogP contribution is -2.14. The van der Waals surface area contributed by atoms with E-state index >= 15 is 0 Å². The van der Waals surface area contributed by atoms with Crippen molar-refractivity contribution in [3.8, 4) is 0 Å². The Bertz CT molecular complexity index is 477. The first-order valence-electron chi connectivity index (χ1n) is 4.06. The molecule has 0 N–H and O–H groups in total. The van der Waals surface area contributed by atoms with Crippen LogP contribution >= 0.6 is 22.3 Å². The van der Waals surface area contributed by atoms with E-state index in [-0.39, 0.29) is 15.5 Å². The molecule has 0 unspecified atom stereocenters. The summed E-state index contributed by atoms with van der Waals surface area (Å²) in [6.07, 6.45) is 0. The molecule has 2 nitrogen and oxygen atoms in total. The van der Waals surface area contributed by atoms with Gasteiger partial charge < -0.3 is 0 Å². The van der Waals surface area contributed by atoms with Gasteiger partial charge in [0.1, 0.15) is 5.67 Å². The summed E-state index contributed by atoms with van der Waals surface area (Å²) in [5, 5.41) is 0.0456. The predicted molar refractivity (Wildman–Crippen MR) is 58.6 cm³/mol. The highest BCUT2D eigenvalue weighted by Gasteiger charge is 2.30. The Kier molecular flexibility index (Phi) is 3.33. The van der Waals surface area contributed by atoms with Gasteiger partial charge in [-0.15, -0.1) is 0 Å². The maximum absolute atomic E-state index is 13.8. The molecule has 0 radical (unpaired) electrons. The van der Waals surface area contributed by atoms with Crippen molar-refractivity contribution in [1.29, 1.82) is 0 Å². The number of hydrogen-bond donors (Lipinski definition) is 0. The van der Waals surface area contributed by atoms with E-state index in [1.807, 2.05) is 0 Å². The topological polar surface area (TPSA) is 34.1 Å². The van der Waals surface area contributed by atoms with Crippen LogP contribution in [0.2, 0.25) is 5.02 Å². The highest BCUT2D eigenvalue weighted by Crippen LogP contribution is 2.37. The summed E-state index contributed by atoms with van der Waals surface area (Å²) in [6, 6.07) is 4.06. The normalized spacial score (nSPS) is 12.9. The third-order valence-corrected chi connectivity index (χ3v) is 3.51. The van der Waals surface area contributed by atoms with Crippen LogP contribution in [0.4, 0.5) is 4.39 Å². The highest BCUT2D eigenvalue weighted by molar-refractivity contribution is 8.13. The molecule has 0 aromatic heterocycles. The lowest BCUT2D eigenvalue weighted by Gasteiger charge is -2.18. The summed E-state index contributed by atoms with van der Waals surface area (Å²) in [5.41, 5.74) is -1.98. The van der Waals surface area contributed by atoms with Crippen molar-refractivity contribution in [3.05, 3.63) is 28.8 Å². The molecule has 0 heterocycles. The maximum atomic E-state index is 13.8. The number of alkyl halides is 1. The molecule has 15 heavy (non-hydrogen) atoms. The largest absolute Gasteiger partial charge is 0.261 e. The van der Waals surface area contributed by atoms with Crippen molar-refractivity contribution in [3.63, 3.8) is 0 Å². The predicted octanol–water partition coefficient (Wildman–Crippen LogP) is 3.47. The highest BCUT2D eigenvalue weighted by atomic mass is 35.7. The van der Waals surface area contributed by atoms with Crippen LogP contribution in [0.25, 0.3) is 0 Å². The van der Waals surface area contributed by atoms with Crippen LogP contribution in [0.1, 0.15) is 19.4 Å². The number of halogens is 3. The van der Waals surface area contributed by atoms with Gasteiger partial charge in [0.2, 0.25) is 0 Å². The Balaban J connectivity index is 3.63. The van der Waals surface area contributed by atoms with Gasteiger partial charge in [0.05, 0.1) is 4.90 Å². The van der Waals surface area contributed by atoms with E-state index in [0.717, 1.165) is 0 Å². The summed E-state index contributed by atoms with van der Waals surface area (Å²) in [5.74, 6) is 0. The minimum Gasteiger partial charge on any atom is -0.239 e. The molecule has 0 atom stereocenters. The molecule has 0 saturated heterocycles. The minimum absolute atomic E-state index is 0.0456. The monoisotopic (exact) mass is 270 g/mol.